The van der Waals surface area contributed by atoms with Gasteiger partial charge >= 0.3 is 0 Å². The number of hydrogen-bond acceptors (Lipinski definition) is 4. The predicted molar refractivity (Wildman–Crippen MR) is 101 cm³/mol. The molecule has 3 aromatic rings. The molecule has 2 N–H and O–H groups in total. The summed E-state index contributed by atoms with van der Waals surface area (Å²) in [6.07, 6.45) is 2.26. The molecular formula is C20H26N4. The zero-order valence-electron chi connectivity index (χ0n) is 14.6. The molecule has 3 rings (SSSR count). The zero-order chi connectivity index (χ0) is 16.8. The van der Waals surface area contributed by atoms with E-state index in [1.165, 1.54) is 0 Å². The second-order valence-corrected chi connectivity index (χ2v) is 6.17. The van der Waals surface area contributed by atoms with Gasteiger partial charge in [0.15, 0.2) is 0 Å². The first kappa shape index (κ1) is 16.8. The lowest BCUT2D eigenvalue weighted by Crippen LogP contribution is -2.15. The van der Waals surface area contributed by atoms with E-state index in [0.717, 1.165) is 72.2 Å². The summed E-state index contributed by atoms with van der Waals surface area (Å²) in [4.78, 5) is 9.73. The van der Waals surface area contributed by atoms with Crippen molar-refractivity contribution in [3.63, 3.8) is 0 Å². The summed E-state index contributed by atoms with van der Waals surface area (Å²) in [5.41, 5.74) is 4.14. The molecule has 0 aliphatic carbocycles. The van der Waals surface area contributed by atoms with Crippen molar-refractivity contribution in [3.05, 3.63) is 47.8 Å². The lowest BCUT2D eigenvalue weighted by atomic mass is 10.1. The second-order valence-electron chi connectivity index (χ2n) is 6.17. The molecule has 0 saturated heterocycles. The van der Waals surface area contributed by atoms with Crippen molar-refractivity contribution in [2.45, 2.75) is 39.8 Å². The lowest BCUT2D eigenvalue weighted by Gasteiger charge is -2.08. The van der Waals surface area contributed by atoms with E-state index in [9.17, 15) is 0 Å². The van der Waals surface area contributed by atoms with Gasteiger partial charge in [0, 0.05) is 23.9 Å². The molecule has 4 heteroatoms. The van der Waals surface area contributed by atoms with Gasteiger partial charge in [-0.05, 0) is 38.1 Å². The topological polar surface area (TPSA) is 49.8 Å². The first-order valence-electron chi connectivity index (χ1n) is 8.91. The van der Waals surface area contributed by atoms with Crippen LogP contribution in [-0.2, 0) is 13.1 Å². The molecule has 0 atom stereocenters. The van der Waals surface area contributed by atoms with Gasteiger partial charge in [0.1, 0.15) is 0 Å². The number of rotatable bonds is 8. The summed E-state index contributed by atoms with van der Waals surface area (Å²) in [5, 5.41) is 9.13. The normalized spacial score (nSPS) is 11.4. The van der Waals surface area contributed by atoms with E-state index in [4.69, 9.17) is 9.97 Å². The monoisotopic (exact) mass is 322 g/mol. The van der Waals surface area contributed by atoms with Crippen molar-refractivity contribution in [1.82, 2.24) is 20.6 Å². The number of aromatic nitrogens is 2. The first-order valence-corrected chi connectivity index (χ1v) is 8.91. The van der Waals surface area contributed by atoms with E-state index < -0.39 is 0 Å². The van der Waals surface area contributed by atoms with Gasteiger partial charge in [-0.25, -0.2) is 9.97 Å². The SMILES string of the molecule is CCCNCc1ccc2ccc3ccc(CNCCC)nc3c2n1. The summed E-state index contributed by atoms with van der Waals surface area (Å²) >= 11 is 0. The molecule has 0 aliphatic rings. The molecule has 2 aromatic heterocycles. The molecule has 0 saturated carbocycles. The average molecular weight is 322 g/mol. The number of nitrogens with one attached hydrogen (secondary N) is 2. The highest BCUT2D eigenvalue weighted by molar-refractivity contribution is 6.02. The van der Waals surface area contributed by atoms with Gasteiger partial charge in [-0.15, -0.1) is 0 Å². The molecule has 0 aliphatic heterocycles. The smallest absolute Gasteiger partial charge is 0.0968 e. The number of fused-ring (bicyclic) bond motifs is 3. The molecule has 24 heavy (non-hydrogen) atoms. The van der Waals surface area contributed by atoms with Gasteiger partial charge < -0.3 is 10.6 Å². The van der Waals surface area contributed by atoms with Gasteiger partial charge in [-0.3, -0.25) is 0 Å². The molecule has 0 bridgehead atoms. The molecule has 0 amide bonds. The molecule has 0 unspecified atom stereocenters. The molecule has 2 heterocycles. The Kier molecular flexibility index (Phi) is 5.72. The summed E-state index contributed by atoms with van der Waals surface area (Å²) in [6.45, 7) is 7.98. The van der Waals surface area contributed by atoms with Gasteiger partial charge in [-0.1, -0.05) is 38.1 Å². The minimum atomic E-state index is 0.803. The van der Waals surface area contributed by atoms with Crippen LogP contribution in [0.2, 0.25) is 0 Å². The fourth-order valence-electron chi connectivity index (χ4n) is 2.83. The summed E-state index contributed by atoms with van der Waals surface area (Å²) < 4.78 is 0. The highest BCUT2D eigenvalue weighted by Gasteiger charge is 2.06. The van der Waals surface area contributed by atoms with Crippen molar-refractivity contribution >= 4 is 21.8 Å². The largest absolute Gasteiger partial charge is 0.311 e. The van der Waals surface area contributed by atoms with E-state index in [2.05, 4.69) is 60.9 Å². The third-order valence-electron chi connectivity index (χ3n) is 4.10. The van der Waals surface area contributed by atoms with Crippen LogP contribution in [0.5, 0.6) is 0 Å². The quantitative estimate of drug-likeness (QED) is 0.489. The average Bonchev–Trinajstić information content (AvgIpc) is 2.62. The fourth-order valence-corrected chi connectivity index (χ4v) is 2.83. The summed E-state index contributed by atoms with van der Waals surface area (Å²) in [7, 11) is 0. The minimum absolute atomic E-state index is 0.803. The Bertz CT molecular complexity index is 744. The van der Waals surface area contributed by atoms with Crippen LogP contribution < -0.4 is 10.6 Å². The van der Waals surface area contributed by atoms with Gasteiger partial charge in [0.2, 0.25) is 0 Å². The number of nitrogens with zero attached hydrogens (tertiary/aromatic N) is 2. The van der Waals surface area contributed by atoms with Crippen molar-refractivity contribution < 1.29 is 0 Å². The van der Waals surface area contributed by atoms with Crippen molar-refractivity contribution in [3.8, 4) is 0 Å². The second kappa shape index (κ2) is 8.18. The van der Waals surface area contributed by atoms with E-state index in [-0.39, 0.29) is 0 Å². The molecule has 4 nitrogen and oxygen atoms in total. The van der Waals surface area contributed by atoms with Crippen LogP contribution in [0.1, 0.15) is 38.1 Å². The van der Waals surface area contributed by atoms with Crippen LogP contribution in [0.4, 0.5) is 0 Å². The number of benzene rings is 1. The molecule has 126 valence electrons. The Labute approximate surface area is 143 Å². The van der Waals surface area contributed by atoms with Gasteiger partial charge in [-0.2, -0.15) is 0 Å². The Morgan fingerprint density at radius 2 is 1.08 bits per heavy atom. The first-order chi connectivity index (χ1) is 11.8. The standard InChI is InChI=1S/C20H26N4/c1-3-11-21-13-17-9-7-15-5-6-16-8-10-18(14-22-12-4-2)24-20(16)19(15)23-17/h5-10,21-22H,3-4,11-14H2,1-2H3. The van der Waals surface area contributed by atoms with Crippen molar-refractivity contribution in [2.24, 2.45) is 0 Å². The van der Waals surface area contributed by atoms with E-state index in [1.807, 2.05) is 0 Å². The maximum Gasteiger partial charge on any atom is 0.0968 e. The Morgan fingerprint density at radius 3 is 1.50 bits per heavy atom. The van der Waals surface area contributed by atoms with Crippen LogP contribution in [0.25, 0.3) is 21.8 Å². The molecule has 0 radical (unpaired) electrons. The van der Waals surface area contributed by atoms with Crippen LogP contribution in [0.3, 0.4) is 0 Å². The summed E-state index contributed by atoms with van der Waals surface area (Å²) in [6, 6.07) is 12.8. The highest BCUT2D eigenvalue weighted by Crippen LogP contribution is 2.23. The van der Waals surface area contributed by atoms with E-state index in [0.29, 0.717) is 0 Å². The predicted octanol–water partition coefficient (Wildman–Crippen LogP) is 3.78. The fraction of sp³-hybridized carbons (Fsp3) is 0.400. The molecule has 0 spiro atoms. The summed E-state index contributed by atoms with van der Waals surface area (Å²) in [5.74, 6) is 0. The maximum absolute atomic E-state index is 4.87. The Morgan fingerprint density at radius 1 is 0.667 bits per heavy atom. The highest BCUT2D eigenvalue weighted by atomic mass is 14.9. The van der Waals surface area contributed by atoms with Crippen LogP contribution in [0, 0.1) is 0 Å². The zero-order valence-corrected chi connectivity index (χ0v) is 14.6. The van der Waals surface area contributed by atoms with Crippen molar-refractivity contribution in [1.29, 1.82) is 0 Å². The number of hydrogen-bond donors (Lipinski definition) is 2. The van der Waals surface area contributed by atoms with Gasteiger partial charge in [0.25, 0.3) is 0 Å². The third kappa shape index (κ3) is 3.89. The minimum Gasteiger partial charge on any atom is -0.311 e. The maximum atomic E-state index is 4.87. The Balaban J connectivity index is 1.95. The van der Waals surface area contributed by atoms with Crippen LogP contribution in [0.15, 0.2) is 36.4 Å². The van der Waals surface area contributed by atoms with E-state index in [1.54, 1.807) is 0 Å². The lowest BCUT2D eigenvalue weighted by molar-refractivity contribution is 0.665. The molecule has 0 fully saturated rings. The van der Waals surface area contributed by atoms with Crippen molar-refractivity contribution in [2.75, 3.05) is 13.1 Å². The van der Waals surface area contributed by atoms with Crippen LogP contribution >= 0.6 is 0 Å². The van der Waals surface area contributed by atoms with E-state index >= 15 is 0 Å². The molecular weight excluding hydrogens is 296 g/mol. The van der Waals surface area contributed by atoms with Gasteiger partial charge in [0.05, 0.1) is 22.4 Å². The third-order valence-corrected chi connectivity index (χ3v) is 4.10. The Hall–Kier alpha value is -2.04. The molecule has 1 aromatic carbocycles. The number of pyridine rings is 2. The van der Waals surface area contributed by atoms with Crippen LogP contribution in [-0.4, -0.2) is 23.1 Å².